The van der Waals surface area contributed by atoms with E-state index in [4.69, 9.17) is 9.56 Å². The molecule has 0 bridgehead atoms. The Balaban J connectivity index is 1.61. The summed E-state index contributed by atoms with van der Waals surface area (Å²) in [7, 11) is -3.81. The van der Waals surface area contributed by atoms with Gasteiger partial charge in [-0.3, -0.25) is 4.79 Å². The maximum absolute atomic E-state index is 12.9. The van der Waals surface area contributed by atoms with Crippen LogP contribution in [0.25, 0.3) is 17.4 Å². The zero-order chi connectivity index (χ0) is 21.5. The van der Waals surface area contributed by atoms with E-state index < -0.39 is 10.0 Å². The predicted molar refractivity (Wildman–Crippen MR) is 118 cm³/mol. The third-order valence-corrected chi connectivity index (χ3v) is 6.15. The summed E-state index contributed by atoms with van der Waals surface area (Å²) in [6.07, 6.45) is 1.64. The van der Waals surface area contributed by atoms with Gasteiger partial charge in [0.2, 0.25) is 10.0 Å². The van der Waals surface area contributed by atoms with Crippen LogP contribution in [0.15, 0.2) is 85.1 Å². The molecule has 1 aromatic heterocycles. The first kappa shape index (κ1) is 20.3. The minimum absolute atomic E-state index is 0.0375. The Hall–Kier alpha value is -3.01. The molecule has 0 spiro atoms. The molecule has 0 atom stereocenters. The number of hydrazone groups is 1. The minimum Gasteiger partial charge on any atom is -0.457 e. The Kier molecular flexibility index (Phi) is 5.19. The summed E-state index contributed by atoms with van der Waals surface area (Å²) < 4.78 is 29.6. The highest BCUT2D eigenvalue weighted by molar-refractivity contribution is 9.10. The van der Waals surface area contributed by atoms with Crippen molar-refractivity contribution in [2.24, 2.45) is 10.2 Å². The normalized spacial score (nSPS) is 15.7. The molecule has 3 aromatic rings. The van der Waals surface area contributed by atoms with Gasteiger partial charge in [0.25, 0.3) is 5.91 Å². The highest BCUT2D eigenvalue weighted by Gasteiger charge is 2.29. The number of nitrogens with zero attached hydrogens (tertiary/aromatic N) is 2. The maximum Gasteiger partial charge on any atom is 0.280 e. The number of benzene rings is 2. The van der Waals surface area contributed by atoms with Crippen molar-refractivity contribution in [3.8, 4) is 11.3 Å². The molecule has 1 aliphatic rings. The molecule has 2 heterocycles. The number of halogens is 1. The van der Waals surface area contributed by atoms with E-state index in [-0.39, 0.29) is 10.8 Å². The van der Waals surface area contributed by atoms with E-state index in [9.17, 15) is 13.2 Å². The standard InChI is InChI=1S/C21H16BrN3O4S/c1-13-18(12-15-8-11-20(29-15)17-4-2-3-5-19(17)22)21(26)25(24-13)14-6-9-16(10-7-14)30(23,27)28/h2-12H,1H3,(H2,23,27,28)/b18-12+. The molecular weight excluding hydrogens is 470 g/mol. The first-order valence-electron chi connectivity index (χ1n) is 8.83. The molecular formula is C21H16BrN3O4S. The van der Waals surface area contributed by atoms with Crippen LogP contribution in [0.5, 0.6) is 0 Å². The number of furan rings is 1. The Morgan fingerprint density at radius 1 is 1.07 bits per heavy atom. The van der Waals surface area contributed by atoms with Gasteiger partial charge >= 0.3 is 0 Å². The first-order chi connectivity index (χ1) is 14.2. The minimum atomic E-state index is -3.81. The SMILES string of the molecule is CC1=NN(c2ccc(S(N)(=O)=O)cc2)C(=O)/C1=C/c1ccc(-c2ccccc2Br)o1. The van der Waals surface area contributed by atoms with E-state index >= 15 is 0 Å². The molecule has 4 rings (SSSR count). The average molecular weight is 486 g/mol. The van der Waals surface area contributed by atoms with Crippen molar-refractivity contribution in [3.05, 3.63) is 76.5 Å². The second-order valence-electron chi connectivity index (χ2n) is 6.58. The van der Waals surface area contributed by atoms with Gasteiger partial charge in [-0.15, -0.1) is 0 Å². The molecule has 30 heavy (non-hydrogen) atoms. The number of sulfonamides is 1. The summed E-state index contributed by atoms with van der Waals surface area (Å²) in [5, 5.41) is 10.6. The van der Waals surface area contributed by atoms with E-state index in [1.807, 2.05) is 30.3 Å². The molecule has 0 radical (unpaired) electrons. The maximum atomic E-state index is 12.9. The summed E-state index contributed by atoms with van der Waals surface area (Å²) in [5.41, 5.74) is 2.25. The van der Waals surface area contributed by atoms with Gasteiger partial charge < -0.3 is 4.42 Å². The van der Waals surface area contributed by atoms with Gasteiger partial charge in [-0.05, 0) is 55.5 Å². The van der Waals surface area contributed by atoms with Crippen LogP contribution < -0.4 is 10.1 Å². The van der Waals surface area contributed by atoms with Crippen molar-refractivity contribution in [2.45, 2.75) is 11.8 Å². The smallest absolute Gasteiger partial charge is 0.280 e. The Morgan fingerprint density at radius 3 is 2.43 bits per heavy atom. The molecule has 152 valence electrons. The van der Waals surface area contributed by atoms with E-state index in [2.05, 4.69) is 21.0 Å². The molecule has 0 unspecified atom stereocenters. The first-order valence-corrected chi connectivity index (χ1v) is 11.2. The topological polar surface area (TPSA) is 106 Å². The van der Waals surface area contributed by atoms with Gasteiger partial charge in [0, 0.05) is 10.0 Å². The van der Waals surface area contributed by atoms with Crippen molar-refractivity contribution in [1.29, 1.82) is 0 Å². The molecule has 0 fully saturated rings. The molecule has 2 N–H and O–H groups in total. The van der Waals surface area contributed by atoms with Crippen LogP contribution in [0, 0.1) is 0 Å². The van der Waals surface area contributed by atoms with E-state index in [0.29, 0.717) is 28.5 Å². The number of nitrogens with two attached hydrogens (primary N) is 1. The molecule has 2 aromatic carbocycles. The zero-order valence-corrected chi connectivity index (χ0v) is 18.1. The van der Waals surface area contributed by atoms with Crippen LogP contribution in [0.2, 0.25) is 0 Å². The van der Waals surface area contributed by atoms with Gasteiger partial charge in [-0.2, -0.15) is 10.1 Å². The van der Waals surface area contributed by atoms with Gasteiger partial charge in [0.1, 0.15) is 11.5 Å². The fourth-order valence-corrected chi connectivity index (χ4v) is 4.01. The van der Waals surface area contributed by atoms with Crippen molar-refractivity contribution in [2.75, 3.05) is 5.01 Å². The quantitative estimate of drug-likeness (QED) is 0.559. The molecule has 9 heteroatoms. The monoisotopic (exact) mass is 485 g/mol. The number of amides is 1. The molecule has 7 nitrogen and oxygen atoms in total. The van der Waals surface area contributed by atoms with Crippen LogP contribution in [0.4, 0.5) is 5.69 Å². The van der Waals surface area contributed by atoms with Crippen LogP contribution in [-0.4, -0.2) is 20.0 Å². The van der Waals surface area contributed by atoms with Crippen molar-refractivity contribution in [1.82, 2.24) is 0 Å². The second kappa shape index (κ2) is 7.67. The van der Waals surface area contributed by atoms with Crippen molar-refractivity contribution < 1.29 is 17.6 Å². The molecule has 1 amide bonds. The highest BCUT2D eigenvalue weighted by atomic mass is 79.9. The number of primary sulfonamides is 1. The van der Waals surface area contributed by atoms with E-state index in [0.717, 1.165) is 10.0 Å². The van der Waals surface area contributed by atoms with Crippen molar-refractivity contribution in [3.63, 3.8) is 0 Å². The van der Waals surface area contributed by atoms with Crippen LogP contribution in [-0.2, 0) is 14.8 Å². The molecule has 0 saturated carbocycles. The molecule has 1 aliphatic heterocycles. The summed E-state index contributed by atoms with van der Waals surface area (Å²) in [4.78, 5) is 12.8. The molecule has 0 saturated heterocycles. The second-order valence-corrected chi connectivity index (χ2v) is 9.00. The largest absolute Gasteiger partial charge is 0.457 e. The van der Waals surface area contributed by atoms with Gasteiger partial charge in [0.15, 0.2) is 0 Å². The van der Waals surface area contributed by atoms with Crippen LogP contribution >= 0.6 is 15.9 Å². The number of hydrogen-bond acceptors (Lipinski definition) is 5. The lowest BCUT2D eigenvalue weighted by atomic mass is 10.1. The van der Waals surface area contributed by atoms with Gasteiger partial charge in [0.05, 0.1) is 21.9 Å². The number of anilines is 1. The fraction of sp³-hybridized carbons (Fsp3) is 0.0476. The lowest BCUT2D eigenvalue weighted by molar-refractivity contribution is -0.114. The number of hydrogen-bond donors (Lipinski definition) is 1. The Morgan fingerprint density at radius 2 is 1.77 bits per heavy atom. The third kappa shape index (κ3) is 3.87. The van der Waals surface area contributed by atoms with Crippen LogP contribution in [0.3, 0.4) is 0 Å². The van der Waals surface area contributed by atoms with E-state index in [1.54, 1.807) is 19.1 Å². The highest BCUT2D eigenvalue weighted by Crippen LogP contribution is 2.31. The fourth-order valence-electron chi connectivity index (χ4n) is 3.01. The van der Waals surface area contributed by atoms with Crippen LogP contribution in [0.1, 0.15) is 12.7 Å². The Bertz CT molecular complexity index is 1310. The predicted octanol–water partition coefficient (Wildman–Crippen LogP) is 4.16. The average Bonchev–Trinajstić information content (AvgIpc) is 3.28. The number of carbonyl (C=O) groups excluding carboxylic acids is 1. The van der Waals surface area contributed by atoms with E-state index in [1.165, 1.54) is 29.3 Å². The lowest BCUT2D eigenvalue weighted by Gasteiger charge is -2.11. The summed E-state index contributed by atoms with van der Waals surface area (Å²) in [6, 6.07) is 16.9. The Labute approximate surface area is 181 Å². The molecule has 0 aliphatic carbocycles. The van der Waals surface area contributed by atoms with Crippen molar-refractivity contribution >= 4 is 49.3 Å². The number of rotatable bonds is 4. The summed E-state index contributed by atoms with van der Waals surface area (Å²) >= 11 is 3.50. The third-order valence-electron chi connectivity index (χ3n) is 4.53. The van der Waals surface area contributed by atoms with Gasteiger partial charge in [-0.25, -0.2) is 13.6 Å². The number of carbonyl (C=O) groups is 1. The zero-order valence-electron chi connectivity index (χ0n) is 15.7. The summed E-state index contributed by atoms with van der Waals surface area (Å²) in [6.45, 7) is 1.72. The lowest BCUT2D eigenvalue weighted by Crippen LogP contribution is -2.21. The summed E-state index contributed by atoms with van der Waals surface area (Å²) in [5.74, 6) is 0.851. The van der Waals surface area contributed by atoms with Gasteiger partial charge in [-0.1, -0.05) is 34.1 Å².